The first-order chi connectivity index (χ1) is 8.10. The van der Waals surface area contributed by atoms with Gasteiger partial charge in [-0.25, -0.2) is 8.42 Å². The summed E-state index contributed by atoms with van der Waals surface area (Å²) in [4.78, 5) is 0. The highest BCUT2D eigenvalue weighted by atomic mass is 32.2. The van der Waals surface area contributed by atoms with Crippen LogP contribution < -0.4 is 5.73 Å². The molecule has 0 bridgehead atoms. The van der Waals surface area contributed by atoms with E-state index in [2.05, 4.69) is 6.92 Å². The van der Waals surface area contributed by atoms with Gasteiger partial charge in [0.05, 0.1) is 10.5 Å². The van der Waals surface area contributed by atoms with E-state index in [-0.39, 0.29) is 11.3 Å². The van der Waals surface area contributed by atoms with Crippen molar-refractivity contribution in [1.82, 2.24) is 0 Å². The van der Waals surface area contributed by atoms with E-state index in [0.717, 1.165) is 31.6 Å². The molecule has 1 aliphatic carbocycles. The Balaban J connectivity index is 2.54. The molecule has 1 rings (SSSR count). The SMILES string of the molecule is CCC1CCC(N)(CCS(=O)(=O)C(C)(C)C)CC1. The smallest absolute Gasteiger partial charge is 0.155 e. The summed E-state index contributed by atoms with van der Waals surface area (Å²) in [7, 11) is -3.03. The van der Waals surface area contributed by atoms with Crippen molar-refractivity contribution in [2.45, 2.75) is 76.5 Å². The second kappa shape index (κ2) is 5.49. The summed E-state index contributed by atoms with van der Waals surface area (Å²) in [5.41, 5.74) is 6.12. The molecule has 4 heteroatoms. The van der Waals surface area contributed by atoms with Gasteiger partial charge >= 0.3 is 0 Å². The molecular weight excluding hydrogens is 246 g/mol. The van der Waals surface area contributed by atoms with Gasteiger partial charge in [-0.3, -0.25) is 0 Å². The van der Waals surface area contributed by atoms with Gasteiger partial charge in [0, 0.05) is 5.54 Å². The van der Waals surface area contributed by atoms with Crippen LogP contribution in [0, 0.1) is 5.92 Å². The Kier molecular flexibility index (Phi) is 4.87. The minimum atomic E-state index is -3.03. The second-order valence-electron chi connectivity index (χ2n) is 6.90. The number of rotatable bonds is 4. The van der Waals surface area contributed by atoms with Gasteiger partial charge in [-0.2, -0.15) is 0 Å². The molecule has 1 fully saturated rings. The molecule has 18 heavy (non-hydrogen) atoms. The van der Waals surface area contributed by atoms with E-state index >= 15 is 0 Å². The molecule has 108 valence electrons. The summed E-state index contributed by atoms with van der Waals surface area (Å²) in [6.45, 7) is 7.51. The van der Waals surface area contributed by atoms with Gasteiger partial charge in [0.25, 0.3) is 0 Å². The zero-order valence-electron chi connectivity index (χ0n) is 12.3. The monoisotopic (exact) mass is 275 g/mol. The Morgan fingerprint density at radius 1 is 1.22 bits per heavy atom. The summed E-state index contributed by atoms with van der Waals surface area (Å²) in [6.07, 6.45) is 6.10. The molecule has 0 saturated heterocycles. The van der Waals surface area contributed by atoms with Gasteiger partial charge in [0.1, 0.15) is 0 Å². The Morgan fingerprint density at radius 3 is 2.11 bits per heavy atom. The van der Waals surface area contributed by atoms with Crippen LogP contribution in [0.5, 0.6) is 0 Å². The van der Waals surface area contributed by atoms with Crippen LogP contribution in [0.4, 0.5) is 0 Å². The first kappa shape index (κ1) is 16.0. The van der Waals surface area contributed by atoms with E-state index in [1.807, 2.05) is 0 Å². The zero-order chi connectivity index (χ0) is 14.0. The third kappa shape index (κ3) is 3.95. The number of nitrogens with two attached hydrogens (primary N) is 1. The van der Waals surface area contributed by atoms with Crippen molar-refractivity contribution in [3.05, 3.63) is 0 Å². The van der Waals surface area contributed by atoms with Crippen molar-refractivity contribution >= 4 is 9.84 Å². The van der Waals surface area contributed by atoms with Crippen molar-refractivity contribution in [1.29, 1.82) is 0 Å². The van der Waals surface area contributed by atoms with Gasteiger partial charge in [-0.05, 0) is 58.8 Å². The van der Waals surface area contributed by atoms with Crippen LogP contribution in [0.15, 0.2) is 0 Å². The van der Waals surface area contributed by atoms with E-state index in [9.17, 15) is 8.42 Å². The summed E-state index contributed by atoms with van der Waals surface area (Å²) in [5, 5.41) is 0. The molecule has 0 aliphatic heterocycles. The van der Waals surface area contributed by atoms with Crippen LogP contribution in [0.3, 0.4) is 0 Å². The van der Waals surface area contributed by atoms with Gasteiger partial charge in [-0.1, -0.05) is 13.3 Å². The van der Waals surface area contributed by atoms with E-state index in [1.54, 1.807) is 20.8 Å². The van der Waals surface area contributed by atoms with E-state index in [0.29, 0.717) is 6.42 Å². The molecule has 2 N–H and O–H groups in total. The lowest BCUT2D eigenvalue weighted by molar-refractivity contribution is 0.224. The number of hydrogen-bond donors (Lipinski definition) is 1. The molecule has 0 atom stereocenters. The van der Waals surface area contributed by atoms with Crippen LogP contribution in [0.2, 0.25) is 0 Å². The quantitative estimate of drug-likeness (QED) is 0.858. The van der Waals surface area contributed by atoms with Crippen LogP contribution in [-0.2, 0) is 9.84 Å². The molecule has 1 aliphatic rings. The average Bonchev–Trinajstić information content (AvgIpc) is 2.26. The molecular formula is C14H29NO2S. The first-order valence-corrected chi connectivity index (χ1v) is 8.76. The van der Waals surface area contributed by atoms with E-state index in [4.69, 9.17) is 5.73 Å². The Morgan fingerprint density at radius 2 is 1.72 bits per heavy atom. The van der Waals surface area contributed by atoms with Crippen LogP contribution in [0.1, 0.15) is 66.2 Å². The molecule has 0 heterocycles. The maximum absolute atomic E-state index is 12.1. The molecule has 3 nitrogen and oxygen atoms in total. The molecule has 1 saturated carbocycles. The lowest BCUT2D eigenvalue weighted by Crippen LogP contribution is -2.45. The van der Waals surface area contributed by atoms with Crippen LogP contribution in [0.25, 0.3) is 0 Å². The predicted octanol–water partition coefficient (Wildman–Crippen LogP) is 2.89. The molecule has 0 aromatic rings. The second-order valence-corrected chi connectivity index (χ2v) is 9.76. The van der Waals surface area contributed by atoms with Crippen LogP contribution in [-0.4, -0.2) is 24.5 Å². The minimum absolute atomic E-state index is 0.226. The Hall–Kier alpha value is -0.0900. The lowest BCUT2D eigenvalue weighted by atomic mass is 9.75. The van der Waals surface area contributed by atoms with Gasteiger partial charge in [0.15, 0.2) is 9.84 Å². The summed E-state index contributed by atoms with van der Waals surface area (Å²) in [5.74, 6) is 1.02. The maximum Gasteiger partial charge on any atom is 0.155 e. The zero-order valence-corrected chi connectivity index (χ0v) is 13.1. The summed E-state index contributed by atoms with van der Waals surface area (Å²) in [6, 6.07) is 0. The molecule has 0 radical (unpaired) electrons. The third-order valence-electron chi connectivity index (χ3n) is 4.48. The maximum atomic E-state index is 12.1. The lowest BCUT2D eigenvalue weighted by Gasteiger charge is -2.37. The standard InChI is InChI=1S/C14H29NO2S/c1-5-12-6-8-14(15,9-7-12)10-11-18(16,17)13(2,3)4/h12H,5-11,15H2,1-4H3. The fourth-order valence-corrected chi connectivity index (χ4v) is 3.84. The van der Waals surface area contributed by atoms with E-state index < -0.39 is 14.6 Å². The highest BCUT2D eigenvalue weighted by Gasteiger charge is 2.35. The van der Waals surface area contributed by atoms with Crippen LogP contribution >= 0.6 is 0 Å². The molecule has 0 spiro atoms. The minimum Gasteiger partial charge on any atom is -0.325 e. The highest BCUT2D eigenvalue weighted by Crippen LogP contribution is 2.34. The highest BCUT2D eigenvalue weighted by molar-refractivity contribution is 7.92. The van der Waals surface area contributed by atoms with Crippen molar-refractivity contribution in [3.8, 4) is 0 Å². The average molecular weight is 275 g/mol. The van der Waals surface area contributed by atoms with Crippen molar-refractivity contribution in [2.75, 3.05) is 5.75 Å². The van der Waals surface area contributed by atoms with Gasteiger partial charge < -0.3 is 5.73 Å². The van der Waals surface area contributed by atoms with Gasteiger partial charge in [-0.15, -0.1) is 0 Å². The topological polar surface area (TPSA) is 60.2 Å². The predicted molar refractivity (Wildman–Crippen MR) is 77.3 cm³/mol. The van der Waals surface area contributed by atoms with Crippen molar-refractivity contribution in [3.63, 3.8) is 0 Å². The van der Waals surface area contributed by atoms with Crippen molar-refractivity contribution < 1.29 is 8.42 Å². The molecule has 0 amide bonds. The first-order valence-electron chi connectivity index (χ1n) is 7.11. The third-order valence-corrected chi connectivity index (χ3v) is 7.09. The number of sulfone groups is 1. The van der Waals surface area contributed by atoms with Crippen molar-refractivity contribution in [2.24, 2.45) is 11.7 Å². The normalized spacial score (nSPS) is 30.4. The molecule has 0 unspecified atom stereocenters. The largest absolute Gasteiger partial charge is 0.325 e. The molecule has 0 aromatic heterocycles. The fraction of sp³-hybridized carbons (Fsp3) is 1.00. The summed E-state index contributed by atoms with van der Waals surface area (Å²) >= 11 is 0. The Labute approximate surface area is 112 Å². The molecule has 0 aromatic carbocycles. The summed E-state index contributed by atoms with van der Waals surface area (Å²) < 4.78 is 23.5. The number of hydrogen-bond acceptors (Lipinski definition) is 3. The van der Waals surface area contributed by atoms with Gasteiger partial charge in [0.2, 0.25) is 0 Å². The van der Waals surface area contributed by atoms with E-state index in [1.165, 1.54) is 6.42 Å². The fourth-order valence-electron chi connectivity index (χ4n) is 2.55. The Bertz CT molecular complexity index is 360.